The van der Waals surface area contributed by atoms with Gasteiger partial charge >= 0.3 is 0 Å². The van der Waals surface area contributed by atoms with Crippen molar-refractivity contribution >= 4 is 27.3 Å². The first-order valence-electron chi connectivity index (χ1n) is 12.7. The second-order valence-electron chi connectivity index (χ2n) is 9.47. The summed E-state index contributed by atoms with van der Waals surface area (Å²) in [6.07, 6.45) is 1.76. The molecule has 0 amide bonds. The predicted molar refractivity (Wildman–Crippen MR) is 150 cm³/mol. The van der Waals surface area contributed by atoms with Crippen molar-refractivity contribution in [3.05, 3.63) is 89.4 Å². The highest BCUT2D eigenvalue weighted by molar-refractivity contribution is 7.18. The zero-order chi connectivity index (χ0) is 29.4. The largest absolute Gasteiger partial charge is 0.496 e. The number of imidazole rings is 1. The molecule has 0 aliphatic heterocycles. The van der Waals surface area contributed by atoms with Crippen LogP contribution in [0.5, 0.6) is 22.4 Å². The zero-order valence-corrected chi connectivity index (χ0v) is 23.5. The van der Waals surface area contributed by atoms with Crippen molar-refractivity contribution in [2.24, 2.45) is 0 Å². The Hall–Kier alpha value is -4.71. The molecule has 0 saturated carbocycles. The fourth-order valence-corrected chi connectivity index (χ4v) is 5.11. The third-order valence-electron chi connectivity index (χ3n) is 6.50. The summed E-state index contributed by atoms with van der Waals surface area (Å²) < 4.78 is 72.3. The molecular formula is C30H24F3N3O5S. The molecule has 216 valence electrons. The molecular weight excluding hydrogens is 571 g/mol. The summed E-state index contributed by atoms with van der Waals surface area (Å²) in [6, 6.07) is 16.3. The molecule has 0 spiro atoms. The maximum absolute atomic E-state index is 14.6. The van der Waals surface area contributed by atoms with E-state index < -0.39 is 17.3 Å². The summed E-state index contributed by atoms with van der Waals surface area (Å²) in [5, 5.41) is 5.53. The van der Waals surface area contributed by atoms with Gasteiger partial charge in [-0.25, -0.2) is 22.7 Å². The molecule has 0 saturated heterocycles. The second-order valence-corrected chi connectivity index (χ2v) is 10.4. The quantitative estimate of drug-likeness (QED) is 0.161. The van der Waals surface area contributed by atoms with Crippen LogP contribution in [-0.2, 0) is 19.1 Å². The fraction of sp³-hybridized carbons (Fsp3) is 0.200. The van der Waals surface area contributed by atoms with Crippen LogP contribution in [0, 0.1) is 5.82 Å². The van der Waals surface area contributed by atoms with E-state index in [4.69, 9.17) is 23.4 Å². The number of ether oxygens (including phenoxy) is 4. The van der Waals surface area contributed by atoms with Crippen molar-refractivity contribution in [1.29, 1.82) is 0 Å². The number of hydrogen-bond donors (Lipinski definition) is 0. The van der Waals surface area contributed by atoms with E-state index in [1.807, 2.05) is 12.1 Å². The van der Waals surface area contributed by atoms with Gasteiger partial charge in [-0.3, -0.25) is 0 Å². The van der Waals surface area contributed by atoms with Crippen LogP contribution in [0.1, 0.15) is 23.6 Å². The van der Waals surface area contributed by atoms with Crippen LogP contribution >= 0.6 is 11.3 Å². The highest BCUT2D eigenvalue weighted by Gasteiger charge is 2.29. The monoisotopic (exact) mass is 595 g/mol. The first kappa shape index (κ1) is 27.5. The van der Waals surface area contributed by atoms with Crippen LogP contribution in [0.3, 0.4) is 0 Å². The smallest absolute Gasteiger partial charge is 0.294 e. The topological polar surface area (TPSA) is 80.2 Å². The van der Waals surface area contributed by atoms with Crippen molar-refractivity contribution in [3.8, 4) is 33.9 Å². The SMILES string of the molecule is COc1cc(OCc2cccc(OCc3cccc(C(C)(F)F)c3F)c2)c2cc(-c3cn4nc(OC)sc4n3)oc2c1. The fourth-order valence-electron chi connectivity index (χ4n) is 4.41. The lowest BCUT2D eigenvalue weighted by molar-refractivity contribution is 0.0134. The highest BCUT2D eigenvalue weighted by Crippen LogP contribution is 2.38. The van der Waals surface area contributed by atoms with Gasteiger partial charge in [-0.2, -0.15) is 0 Å². The van der Waals surface area contributed by atoms with E-state index >= 15 is 0 Å². The summed E-state index contributed by atoms with van der Waals surface area (Å²) in [4.78, 5) is 5.25. The zero-order valence-electron chi connectivity index (χ0n) is 22.7. The number of furan rings is 1. The van der Waals surface area contributed by atoms with Gasteiger partial charge in [0, 0.05) is 24.6 Å². The Balaban J connectivity index is 1.20. The molecule has 12 heteroatoms. The molecule has 0 N–H and O–H groups in total. The van der Waals surface area contributed by atoms with Gasteiger partial charge < -0.3 is 23.4 Å². The van der Waals surface area contributed by atoms with E-state index in [1.54, 1.807) is 55.3 Å². The molecule has 0 fully saturated rings. The molecule has 3 aromatic heterocycles. The molecule has 3 aromatic carbocycles. The predicted octanol–water partition coefficient (Wildman–Crippen LogP) is 7.63. The molecule has 0 bridgehead atoms. The molecule has 6 rings (SSSR count). The summed E-state index contributed by atoms with van der Waals surface area (Å²) >= 11 is 1.31. The van der Waals surface area contributed by atoms with Gasteiger partial charge in [0.15, 0.2) is 5.76 Å². The molecule has 3 heterocycles. The first-order valence-corrected chi connectivity index (χ1v) is 13.6. The second kappa shape index (κ2) is 10.9. The number of rotatable bonds is 10. The number of methoxy groups -OCH3 is 2. The van der Waals surface area contributed by atoms with Crippen molar-refractivity contribution in [2.75, 3.05) is 14.2 Å². The lowest BCUT2D eigenvalue weighted by Gasteiger charge is -2.15. The third kappa shape index (κ3) is 5.45. The maximum Gasteiger partial charge on any atom is 0.294 e. The molecule has 0 aliphatic carbocycles. The van der Waals surface area contributed by atoms with E-state index in [0.717, 1.165) is 17.0 Å². The number of fused-ring (bicyclic) bond motifs is 2. The lowest BCUT2D eigenvalue weighted by atomic mass is 10.1. The average Bonchev–Trinajstić information content (AvgIpc) is 3.68. The van der Waals surface area contributed by atoms with Gasteiger partial charge in [0.2, 0.25) is 4.96 Å². The maximum atomic E-state index is 14.6. The number of alkyl halides is 2. The van der Waals surface area contributed by atoms with Gasteiger partial charge in [-0.15, -0.1) is 5.10 Å². The lowest BCUT2D eigenvalue weighted by Crippen LogP contribution is -2.12. The van der Waals surface area contributed by atoms with Crippen LogP contribution in [0.25, 0.3) is 27.4 Å². The molecule has 0 aliphatic rings. The minimum absolute atomic E-state index is 0.0395. The van der Waals surface area contributed by atoms with E-state index in [0.29, 0.717) is 51.4 Å². The highest BCUT2D eigenvalue weighted by atomic mass is 32.1. The number of halogens is 3. The Labute approximate surface area is 241 Å². The average molecular weight is 596 g/mol. The summed E-state index contributed by atoms with van der Waals surface area (Å²) in [7, 11) is 3.11. The molecule has 42 heavy (non-hydrogen) atoms. The minimum Gasteiger partial charge on any atom is -0.496 e. The summed E-state index contributed by atoms with van der Waals surface area (Å²) in [5.41, 5.74) is 1.31. The van der Waals surface area contributed by atoms with Crippen LogP contribution in [0.2, 0.25) is 0 Å². The number of nitrogens with zero attached hydrogens (tertiary/aromatic N) is 3. The van der Waals surface area contributed by atoms with Crippen LogP contribution in [0.4, 0.5) is 13.2 Å². The molecule has 0 unspecified atom stereocenters. The number of benzene rings is 3. The van der Waals surface area contributed by atoms with Gasteiger partial charge in [-0.1, -0.05) is 30.3 Å². The molecule has 8 nitrogen and oxygen atoms in total. The Morgan fingerprint density at radius 3 is 2.55 bits per heavy atom. The molecule has 0 radical (unpaired) electrons. The summed E-state index contributed by atoms with van der Waals surface area (Å²) in [5.74, 6) is -2.21. The number of hydrogen-bond acceptors (Lipinski definition) is 8. The standard InChI is InChI=1S/C30H24F3N3O5S/c1-30(32,33)22-9-5-7-18(27(22)31)16-39-19-8-4-6-17(10-19)15-40-24-11-20(37-2)12-25-21(24)13-26(41-25)23-14-36-28(34-23)42-29(35-36)38-3/h4-14H,15-16H2,1-3H3. The van der Waals surface area contributed by atoms with E-state index in [2.05, 4.69) is 10.1 Å². The van der Waals surface area contributed by atoms with Crippen LogP contribution in [-0.4, -0.2) is 28.8 Å². The van der Waals surface area contributed by atoms with Crippen molar-refractivity contribution in [3.63, 3.8) is 0 Å². The van der Waals surface area contributed by atoms with Gasteiger partial charge in [0.25, 0.3) is 11.1 Å². The van der Waals surface area contributed by atoms with Gasteiger partial charge in [-0.05, 0) is 35.1 Å². The van der Waals surface area contributed by atoms with Crippen LogP contribution < -0.4 is 18.9 Å². The summed E-state index contributed by atoms with van der Waals surface area (Å²) in [6.45, 7) is 0.632. The van der Waals surface area contributed by atoms with Crippen molar-refractivity contribution < 1.29 is 36.5 Å². The molecule has 0 atom stereocenters. The van der Waals surface area contributed by atoms with E-state index in [-0.39, 0.29) is 18.8 Å². The normalized spacial score (nSPS) is 11.8. The Morgan fingerprint density at radius 2 is 1.79 bits per heavy atom. The Morgan fingerprint density at radius 1 is 0.952 bits per heavy atom. The Bertz CT molecular complexity index is 1860. The third-order valence-corrected chi connectivity index (χ3v) is 7.38. The van der Waals surface area contributed by atoms with Crippen molar-refractivity contribution in [2.45, 2.75) is 26.1 Å². The Kier molecular flexibility index (Phi) is 7.15. The van der Waals surface area contributed by atoms with Gasteiger partial charge in [0.05, 0.1) is 31.4 Å². The first-order chi connectivity index (χ1) is 20.2. The molecule has 6 aromatic rings. The van der Waals surface area contributed by atoms with Crippen LogP contribution in [0.15, 0.2) is 71.3 Å². The van der Waals surface area contributed by atoms with Crippen molar-refractivity contribution in [1.82, 2.24) is 14.6 Å². The van der Waals surface area contributed by atoms with E-state index in [9.17, 15) is 13.2 Å². The van der Waals surface area contributed by atoms with Gasteiger partial charge in [0.1, 0.15) is 47.6 Å². The number of aromatic nitrogens is 3. The van der Waals surface area contributed by atoms with E-state index in [1.165, 1.54) is 23.5 Å². The minimum atomic E-state index is -3.29.